The van der Waals surface area contributed by atoms with E-state index in [2.05, 4.69) is 23.5 Å². The third-order valence-corrected chi connectivity index (χ3v) is 8.76. The van der Waals surface area contributed by atoms with E-state index >= 15 is 0 Å². The molecule has 0 saturated carbocycles. The van der Waals surface area contributed by atoms with Gasteiger partial charge in [0.1, 0.15) is 0 Å². The Labute approximate surface area is 177 Å². The largest absolute Gasteiger partial charge is 0.325 e. The number of aryl methyl sites for hydroxylation is 2. The Morgan fingerprint density at radius 2 is 1.83 bits per heavy atom. The number of benzene rings is 2. The summed E-state index contributed by atoms with van der Waals surface area (Å²) in [5.74, 6) is -0.0938. The summed E-state index contributed by atoms with van der Waals surface area (Å²) in [6.45, 7) is 10.3. The van der Waals surface area contributed by atoms with Crippen LogP contribution in [0.25, 0.3) is 0 Å². The van der Waals surface area contributed by atoms with Crippen LogP contribution in [0, 0.1) is 20.8 Å². The van der Waals surface area contributed by atoms with Crippen LogP contribution in [0.3, 0.4) is 0 Å². The molecular formula is C22H28N2O3S2. The second-order valence-corrected chi connectivity index (χ2v) is 10.6. The summed E-state index contributed by atoms with van der Waals surface area (Å²) in [5, 5.41) is 2.77. The van der Waals surface area contributed by atoms with E-state index in [0.717, 1.165) is 16.0 Å². The average Bonchev–Trinajstić information content (AvgIpc) is 3.09. The van der Waals surface area contributed by atoms with Gasteiger partial charge < -0.3 is 5.32 Å². The number of carbonyl (C=O) groups excluding carboxylic acids is 1. The van der Waals surface area contributed by atoms with Gasteiger partial charge in [0.05, 0.1) is 10.1 Å². The maximum absolute atomic E-state index is 12.9. The van der Waals surface area contributed by atoms with Gasteiger partial charge in [0.2, 0.25) is 15.9 Å². The number of fused-ring (bicyclic) bond motifs is 1. The molecule has 1 amide bonds. The van der Waals surface area contributed by atoms with Crippen LogP contribution in [0.5, 0.6) is 0 Å². The minimum absolute atomic E-state index is 0.0938. The Morgan fingerprint density at radius 1 is 1.14 bits per heavy atom. The zero-order valence-corrected chi connectivity index (χ0v) is 19.2. The lowest BCUT2D eigenvalue weighted by Crippen LogP contribution is -2.31. The first-order valence-electron chi connectivity index (χ1n) is 9.85. The Bertz CT molecular complexity index is 1040. The molecule has 2 aromatic carbocycles. The van der Waals surface area contributed by atoms with Crippen molar-refractivity contribution < 1.29 is 13.2 Å². The topological polar surface area (TPSA) is 66.5 Å². The van der Waals surface area contributed by atoms with Crippen molar-refractivity contribution in [3.8, 4) is 0 Å². The zero-order valence-electron chi connectivity index (χ0n) is 17.6. The minimum Gasteiger partial charge on any atom is -0.325 e. The molecule has 0 fully saturated rings. The molecule has 5 nitrogen and oxygen atoms in total. The van der Waals surface area contributed by atoms with Crippen molar-refractivity contribution in [3.05, 3.63) is 52.6 Å². The van der Waals surface area contributed by atoms with Gasteiger partial charge in [-0.15, -0.1) is 11.8 Å². The monoisotopic (exact) mass is 432 g/mol. The molecular weight excluding hydrogens is 404 g/mol. The highest BCUT2D eigenvalue weighted by molar-refractivity contribution is 8.01. The van der Waals surface area contributed by atoms with Crippen LogP contribution in [0.1, 0.15) is 36.1 Å². The highest BCUT2D eigenvalue weighted by Gasteiger charge is 2.29. The van der Waals surface area contributed by atoms with Gasteiger partial charge in [-0.25, -0.2) is 8.42 Å². The third-order valence-electron chi connectivity index (χ3n) is 5.43. The number of nitrogens with zero attached hydrogens (tertiary/aromatic N) is 1. The highest BCUT2D eigenvalue weighted by atomic mass is 32.2. The molecule has 0 aromatic heterocycles. The third kappa shape index (κ3) is 4.37. The van der Waals surface area contributed by atoms with E-state index in [9.17, 15) is 13.2 Å². The first kappa shape index (κ1) is 21.9. The smallest absolute Gasteiger partial charge is 0.243 e. The normalized spacial score (nSPS) is 16.1. The Morgan fingerprint density at radius 3 is 2.48 bits per heavy atom. The number of amides is 1. The fourth-order valence-corrected chi connectivity index (χ4v) is 6.37. The van der Waals surface area contributed by atoms with Crippen LogP contribution < -0.4 is 5.32 Å². The number of hydrogen-bond acceptors (Lipinski definition) is 4. The van der Waals surface area contributed by atoms with Crippen LogP contribution >= 0.6 is 11.8 Å². The van der Waals surface area contributed by atoms with Crippen LogP contribution in [0.4, 0.5) is 5.69 Å². The van der Waals surface area contributed by atoms with Gasteiger partial charge >= 0.3 is 0 Å². The maximum atomic E-state index is 12.9. The molecule has 29 heavy (non-hydrogen) atoms. The number of carbonyl (C=O) groups is 1. The molecule has 1 aliphatic heterocycles. The summed E-state index contributed by atoms with van der Waals surface area (Å²) in [6, 6.07) is 9.53. The summed E-state index contributed by atoms with van der Waals surface area (Å²) in [7, 11) is -3.59. The number of nitrogens with one attached hydrogen (secondary N) is 1. The first-order chi connectivity index (χ1) is 13.7. The molecule has 0 bridgehead atoms. The molecule has 1 heterocycles. The van der Waals surface area contributed by atoms with Crippen molar-refractivity contribution in [1.29, 1.82) is 0 Å². The summed E-state index contributed by atoms with van der Waals surface area (Å²) in [5.41, 5.74) is 4.65. The van der Waals surface area contributed by atoms with E-state index < -0.39 is 10.0 Å². The summed E-state index contributed by atoms with van der Waals surface area (Å²) >= 11 is 1.57. The lowest BCUT2D eigenvalue weighted by molar-refractivity contribution is -0.115. The standard InChI is InChI=1S/C22H28N2O3S2/c1-6-24(7-2)29(26,27)18-11-15(4)16(5)19(13-18)23-22(25)21-12-17-9-8-14(3)10-20(17)28-21/h8-11,13,21H,6-7,12H2,1-5H3,(H,23,25). The molecule has 0 aliphatic carbocycles. The molecule has 0 saturated heterocycles. The van der Waals surface area contributed by atoms with Gasteiger partial charge in [-0.1, -0.05) is 31.5 Å². The minimum atomic E-state index is -3.59. The van der Waals surface area contributed by atoms with Gasteiger partial charge in [0.15, 0.2) is 0 Å². The van der Waals surface area contributed by atoms with Crippen LogP contribution in [-0.4, -0.2) is 37.0 Å². The average molecular weight is 433 g/mol. The van der Waals surface area contributed by atoms with Gasteiger partial charge in [-0.3, -0.25) is 4.79 Å². The molecule has 156 valence electrons. The Balaban J connectivity index is 1.86. The summed E-state index contributed by atoms with van der Waals surface area (Å²) < 4.78 is 27.3. The van der Waals surface area contributed by atoms with E-state index in [1.807, 2.05) is 34.6 Å². The Hall–Kier alpha value is -1.83. The molecule has 1 N–H and O–H groups in total. The van der Waals surface area contributed by atoms with Crippen molar-refractivity contribution in [2.24, 2.45) is 0 Å². The predicted octanol–water partition coefficient (Wildman–Crippen LogP) is 4.30. The lowest BCUT2D eigenvalue weighted by Gasteiger charge is -2.21. The molecule has 0 radical (unpaired) electrons. The van der Waals surface area contributed by atoms with Crippen LogP contribution in [-0.2, 0) is 21.2 Å². The summed E-state index contributed by atoms with van der Waals surface area (Å²) in [4.78, 5) is 14.3. The fourth-order valence-electron chi connectivity index (χ4n) is 3.51. The zero-order chi connectivity index (χ0) is 21.3. The first-order valence-corrected chi connectivity index (χ1v) is 12.2. The van der Waals surface area contributed by atoms with E-state index in [1.54, 1.807) is 23.9 Å². The highest BCUT2D eigenvalue weighted by Crippen LogP contribution is 2.38. The lowest BCUT2D eigenvalue weighted by atomic mass is 10.1. The molecule has 3 rings (SSSR count). The van der Waals surface area contributed by atoms with Crippen molar-refractivity contribution in [2.45, 2.75) is 56.1 Å². The predicted molar refractivity (Wildman–Crippen MR) is 119 cm³/mol. The number of anilines is 1. The number of rotatable bonds is 6. The quantitative estimate of drug-likeness (QED) is 0.739. The fraction of sp³-hybridized carbons (Fsp3) is 0.409. The molecule has 1 unspecified atom stereocenters. The summed E-state index contributed by atoms with van der Waals surface area (Å²) in [6.07, 6.45) is 0.682. The van der Waals surface area contributed by atoms with E-state index in [1.165, 1.54) is 15.4 Å². The molecule has 2 aromatic rings. The van der Waals surface area contributed by atoms with E-state index in [0.29, 0.717) is 25.2 Å². The second-order valence-electron chi connectivity index (χ2n) is 7.41. The SMILES string of the molecule is CCN(CC)S(=O)(=O)c1cc(C)c(C)c(NC(=O)C2Cc3ccc(C)cc3S2)c1. The van der Waals surface area contributed by atoms with Gasteiger partial charge in [0.25, 0.3) is 0 Å². The van der Waals surface area contributed by atoms with Crippen LogP contribution in [0.15, 0.2) is 40.1 Å². The van der Waals surface area contributed by atoms with Crippen molar-refractivity contribution in [3.63, 3.8) is 0 Å². The number of hydrogen-bond donors (Lipinski definition) is 1. The number of sulfonamides is 1. The Kier molecular flexibility index (Phi) is 6.41. The van der Waals surface area contributed by atoms with Crippen molar-refractivity contribution in [1.82, 2.24) is 4.31 Å². The maximum Gasteiger partial charge on any atom is 0.243 e. The number of thioether (sulfide) groups is 1. The second kappa shape index (κ2) is 8.50. The van der Waals surface area contributed by atoms with Crippen molar-refractivity contribution in [2.75, 3.05) is 18.4 Å². The molecule has 0 spiro atoms. The van der Waals surface area contributed by atoms with Crippen LogP contribution in [0.2, 0.25) is 0 Å². The van der Waals surface area contributed by atoms with Gasteiger partial charge in [-0.05, 0) is 62.1 Å². The molecule has 1 atom stereocenters. The van der Waals surface area contributed by atoms with Gasteiger partial charge in [0, 0.05) is 23.7 Å². The molecule has 1 aliphatic rings. The van der Waals surface area contributed by atoms with Gasteiger partial charge in [-0.2, -0.15) is 4.31 Å². The van der Waals surface area contributed by atoms with Crippen molar-refractivity contribution >= 4 is 33.4 Å². The van der Waals surface area contributed by atoms with E-state index in [4.69, 9.17) is 0 Å². The van der Waals surface area contributed by atoms with E-state index in [-0.39, 0.29) is 16.1 Å². The molecule has 7 heteroatoms.